The van der Waals surface area contributed by atoms with Crippen LogP contribution in [0.5, 0.6) is 0 Å². The summed E-state index contributed by atoms with van der Waals surface area (Å²) in [6, 6.07) is 51.5. The summed E-state index contributed by atoms with van der Waals surface area (Å²) in [5, 5.41) is 8.98. The van der Waals surface area contributed by atoms with E-state index >= 15 is 0 Å². The number of hydrogen-bond acceptors (Lipinski definition) is 2. The Morgan fingerprint density at radius 2 is 1.10 bits per heavy atom. The van der Waals surface area contributed by atoms with E-state index in [0.717, 1.165) is 40.8 Å². The number of anilines is 2. The Kier molecular flexibility index (Phi) is 8.63. The van der Waals surface area contributed by atoms with Crippen LogP contribution >= 0.6 is 0 Å². The lowest BCUT2D eigenvalue weighted by Gasteiger charge is -2.28. The molecule has 4 heteroatoms. The maximum absolute atomic E-state index is 7.41. The van der Waals surface area contributed by atoms with Crippen molar-refractivity contribution in [3.8, 4) is 39.1 Å². The zero-order valence-electron chi connectivity index (χ0n) is 43.3. The number of hydrogen-bond donors (Lipinski definition) is 1. The van der Waals surface area contributed by atoms with E-state index in [2.05, 4.69) is 233 Å². The lowest BCUT2D eigenvalue weighted by Crippen LogP contribution is -2.38. The molecule has 0 saturated heterocycles. The number of para-hydroxylation sites is 1. The molecule has 2 aromatic heterocycles. The molecule has 8 aromatic carbocycles. The summed E-state index contributed by atoms with van der Waals surface area (Å²) in [7, 11) is 0.768. The second kappa shape index (κ2) is 14.0. The van der Waals surface area contributed by atoms with Crippen molar-refractivity contribution in [2.75, 3.05) is 5.32 Å². The third kappa shape index (κ3) is 5.95. The topological polar surface area (TPSA) is 30.1 Å². The molecule has 0 fully saturated rings. The van der Waals surface area contributed by atoms with Crippen LogP contribution in [-0.2, 0) is 27.1 Å². The Morgan fingerprint density at radius 3 is 1.84 bits per heavy atom. The molecule has 2 aliphatic carbocycles. The molecule has 3 heterocycles. The maximum Gasteiger partial charge on any atom is 0.198 e. The number of fused-ring (bicyclic) bond motifs is 15. The van der Waals surface area contributed by atoms with Gasteiger partial charge in [0.25, 0.3) is 0 Å². The van der Waals surface area contributed by atoms with E-state index in [9.17, 15) is 0 Å². The Bertz CT molecular complexity index is 3920. The predicted molar refractivity (Wildman–Crippen MR) is 301 cm³/mol. The van der Waals surface area contributed by atoms with Gasteiger partial charge in [0.1, 0.15) is 11.2 Å². The molecule has 0 unspecified atom stereocenters. The number of aromatic nitrogens is 1. The molecule has 3 aliphatic rings. The normalized spacial score (nSPS) is 15.3. The second-order valence-electron chi connectivity index (χ2n) is 25.1. The Labute approximate surface area is 414 Å². The van der Waals surface area contributed by atoms with Crippen LogP contribution in [0.4, 0.5) is 11.4 Å². The molecule has 0 spiro atoms. The number of furan rings is 1. The van der Waals surface area contributed by atoms with E-state index in [1.807, 2.05) is 0 Å². The first-order chi connectivity index (χ1) is 33.1. The van der Waals surface area contributed by atoms with Crippen LogP contribution in [0.25, 0.3) is 82.8 Å². The molecule has 0 bridgehead atoms. The first kappa shape index (κ1) is 43.3. The van der Waals surface area contributed by atoms with Gasteiger partial charge in [-0.3, -0.25) is 0 Å². The quantitative estimate of drug-likeness (QED) is 0.179. The maximum atomic E-state index is 7.41. The van der Waals surface area contributed by atoms with E-state index < -0.39 is 0 Å². The van der Waals surface area contributed by atoms with Crippen LogP contribution in [-0.4, -0.2) is 11.8 Å². The van der Waals surface area contributed by atoms with E-state index in [1.54, 1.807) is 0 Å². The Morgan fingerprint density at radius 1 is 0.500 bits per heavy atom. The minimum absolute atomic E-state index is 0.0302. The predicted octanol–water partition coefficient (Wildman–Crippen LogP) is 16.3. The SMILES string of the molecule is CC(C)(C)c1ccc(Nc2cc3c(cc2-c2c4c5c(c6cc(C(C)(C)C)ccc6n5-c5cc6c(cc5B4)C(C)(C)c4ccccc4-6)c4c2oc2ccccc24)-c2ccc(C(C)(C)C)cc2C3(C)C)cc1. The summed E-state index contributed by atoms with van der Waals surface area (Å²) in [5.74, 6) is 0. The first-order valence-electron chi connectivity index (χ1n) is 25.5. The number of rotatable bonds is 3. The highest BCUT2D eigenvalue weighted by Gasteiger charge is 2.41. The molecule has 0 radical (unpaired) electrons. The fourth-order valence-electron chi connectivity index (χ4n) is 12.8. The molecule has 10 aromatic rings. The van der Waals surface area contributed by atoms with Crippen molar-refractivity contribution in [3.63, 3.8) is 0 Å². The van der Waals surface area contributed by atoms with Crippen LogP contribution in [0.2, 0.25) is 0 Å². The van der Waals surface area contributed by atoms with Crippen LogP contribution in [0, 0.1) is 0 Å². The van der Waals surface area contributed by atoms with Gasteiger partial charge in [0.05, 0.1) is 11.0 Å². The fraction of sp³-hybridized carbons (Fsp3) is 0.273. The lowest BCUT2D eigenvalue weighted by molar-refractivity contribution is 0.584. The van der Waals surface area contributed by atoms with Gasteiger partial charge in [-0.25, -0.2) is 0 Å². The van der Waals surface area contributed by atoms with Gasteiger partial charge in [-0.2, -0.15) is 0 Å². The van der Waals surface area contributed by atoms with Gasteiger partial charge >= 0.3 is 0 Å². The third-order valence-electron chi connectivity index (χ3n) is 16.9. The molecule has 0 atom stereocenters. The van der Waals surface area contributed by atoms with Crippen LogP contribution in [0.3, 0.4) is 0 Å². The molecular formula is C66H63BN2O. The average molecular weight is 911 g/mol. The van der Waals surface area contributed by atoms with Gasteiger partial charge in [-0.1, -0.05) is 180 Å². The molecule has 1 N–H and O–H groups in total. The minimum atomic E-state index is -0.217. The van der Waals surface area contributed by atoms with Gasteiger partial charge in [0, 0.05) is 60.6 Å². The molecule has 13 rings (SSSR count). The van der Waals surface area contributed by atoms with Crippen LogP contribution in [0.15, 0.2) is 138 Å². The van der Waals surface area contributed by atoms with E-state index in [0.29, 0.717) is 0 Å². The van der Waals surface area contributed by atoms with Gasteiger partial charge in [-0.05, 0) is 131 Å². The van der Waals surface area contributed by atoms with E-state index in [-0.39, 0.29) is 27.1 Å². The van der Waals surface area contributed by atoms with Gasteiger partial charge < -0.3 is 14.3 Å². The molecule has 70 heavy (non-hydrogen) atoms. The average Bonchev–Trinajstić information content (AvgIpc) is 3.99. The Hall–Kier alpha value is -6.78. The summed E-state index contributed by atoms with van der Waals surface area (Å²) < 4.78 is 10.1. The molecule has 346 valence electrons. The van der Waals surface area contributed by atoms with Crippen molar-refractivity contribution in [2.45, 2.75) is 117 Å². The zero-order chi connectivity index (χ0) is 48.8. The largest absolute Gasteiger partial charge is 0.455 e. The lowest BCUT2D eigenvalue weighted by atomic mass is 9.58. The molecule has 0 saturated carbocycles. The monoisotopic (exact) mass is 911 g/mol. The fourth-order valence-corrected chi connectivity index (χ4v) is 12.8. The standard InChI is InChI=1S/C66H63BN2O/c1-62(2,3)36-22-26-39(27-23-36)68-52-35-50-43(41-28-24-38(64(7,8)9)31-48(41)66(50,12)13)32-45(52)58-59-60-56(57-42-19-15-17-21-55(42)70-61(57)58)46-30-37(63(4,5)6)25-29-53(46)69(60)54-33-44-40-18-14-16-20-47(40)65(10,11)49(44)34-51(54)67-59/h14-35,67-68H,1-13H3. The molecule has 0 amide bonds. The van der Waals surface area contributed by atoms with Gasteiger partial charge in [0.2, 0.25) is 0 Å². The summed E-state index contributed by atoms with van der Waals surface area (Å²) >= 11 is 0. The molecular weight excluding hydrogens is 848 g/mol. The van der Waals surface area contributed by atoms with Crippen molar-refractivity contribution in [2.24, 2.45) is 0 Å². The van der Waals surface area contributed by atoms with Crippen LogP contribution in [0.1, 0.15) is 129 Å². The highest BCUT2D eigenvalue weighted by molar-refractivity contribution is 6.74. The first-order valence-corrected chi connectivity index (χ1v) is 25.5. The minimum Gasteiger partial charge on any atom is -0.455 e. The van der Waals surface area contributed by atoms with Gasteiger partial charge in [0.15, 0.2) is 7.28 Å². The van der Waals surface area contributed by atoms with Crippen molar-refractivity contribution in [3.05, 3.63) is 172 Å². The molecule has 3 nitrogen and oxygen atoms in total. The van der Waals surface area contributed by atoms with Crippen molar-refractivity contribution in [1.29, 1.82) is 0 Å². The van der Waals surface area contributed by atoms with Gasteiger partial charge in [-0.15, -0.1) is 0 Å². The van der Waals surface area contributed by atoms with Crippen molar-refractivity contribution < 1.29 is 4.42 Å². The zero-order valence-corrected chi connectivity index (χ0v) is 43.3. The summed E-state index contributed by atoms with van der Waals surface area (Å²) in [4.78, 5) is 0. The van der Waals surface area contributed by atoms with Crippen molar-refractivity contribution in [1.82, 2.24) is 4.57 Å². The van der Waals surface area contributed by atoms with Crippen LogP contribution < -0.4 is 16.2 Å². The third-order valence-corrected chi connectivity index (χ3v) is 16.9. The summed E-state index contributed by atoms with van der Waals surface area (Å²) in [6.45, 7) is 30.5. The number of nitrogens with one attached hydrogen (secondary N) is 1. The summed E-state index contributed by atoms with van der Waals surface area (Å²) in [5.41, 5.74) is 27.3. The smallest absolute Gasteiger partial charge is 0.198 e. The second-order valence-corrected chi connectivity index (χ2v) is 25.1. The number of benzene rings is 8. The molecule has 1 aliphatic heterocycles. The number of nitrogens with zero attached hydrogens (tertiary/aromatic N) is 1. The van der Waals surface area contributed by atoms with E-state index in [4.69, 9.17) is 4.42 Å². The highest BCUT2D eigenvalue weighted by atomic mass is 16.3. The van der Waals surface area contributed by atoms with Crippen molar-refractivity contribution >= 4 is 73.3 Å². The summed E-state index contributed by atoms with van der Waals surface area (Å²) in [6.07, 6.45) is 0. The Balaban J connectivity index is 1.18. The highest BCUT2D eigenvalue weighted by Crippen LogP contribution is 2.55. The van der Waals surface area contributed by atoms with E-state index in [1.165, 1.54) is 111 Å².